The maximum absolute atomic E-state index is 11.5. The monoisotopic (exact) mass is 471 g/mol. The Hall–Kier alpha value is -3.11. The normalized spacial score (nSPS) is 10.5. The summed E-state index contributed by atoms with van der Waals surface area (Å²) in [4.78, 5) is 30.1. The number of aromatic nitrogens is 3. The maximum Gasteiger partial charge on any atom is 1.00 e. The molecular formula is C24H22N3NaO6. The average molecular weight is 471 g/mol. The average Bonchev–Trinajstić information content (AvgIpc) is 3.13. The second-order valence-electron chi connectivity index (χ2n) is 7.28. The summed E-state index contributed by atoms with van der Waals surface area (Å²) < 4.78 is 16.9. The smallest absolute Gasteiger partial charge is 0.489 e. The van der Waals surface area contributed by atoms with Crippen LogP contribution in [0.4, 0.5) is 0 Å². The SMILES string of the molecule is Cc1nc(OCCO)ccc1-c1cccc(COc2ccc(Cn3oc(=O)[n-]c3=O)cc2)c1.[Na+]. The van der Waals surface area contributed by atoms with Gasteiger partial charge in [0.05, 0.1) is 6.61 Å². The first-order valence-corrected chi connectivity index (χ1v) is 10.3. The molecule has 170 valence electrons. The van der Waals surface area contributed by atoms with Crippen molar-refractivity contribution in [2.75, 3.05) is 13.2 Å². The molecule has 34 heavy (non-hydrogen) atoms. The number of hydrogen-bond donors (Lipinski definition) is 1. The first-order chi connectivity index (χ1) is 16.0. The fourth-order valence-corrected chi connectivity index (χ4v) is 3.31. The molecule has 0 aliphatic carbocycles. The summed E-state index contributed by atoms with van der Waals surface area (Å²) in [5.41, 5.74) is 3.89. The molecule has 2 aromatic heterocycles. The molecule has 0 amide bonds. The van der Waals surface area contributed by atoms with Crippen molar-refractivity contribution >= 4 is 0 Å². The predicted octanol–water partition coefficient (Wildman–Crippen LogP) is -0.868. The molecule has 4 rings (SSSR count). The van der Waals surface area contributed by atoms with Crippen molar-refractivity contribution in [3.05, 3.63) is 98.5 Å². The number of nitrogens with zero attached hydrogens (tertiary/aromatic N) is 3. The number of hydrogen-bond acceptors (Lipinski definition) is 7. The van der Waals surface area contributed by atoms with Gasteiger partial charge in [-0.3, -0.25) is 9.53 Å². The van der Waals surface area contributed by atoms with Crippen molar-refractivity contribution in [1.82, 2.24) is 14.7 Å². The van der Waals surface area contributed by atoms with Crippen molar-refractivity contribution in [3.8, 4) is 22.8 Å². The second-order valence-corrected chi connectivity index (χ2v) is 7.28. The third-order valence-electron chi connectivity index (χ3n) is 4.88. The van der Waals surface area contributed by atoms with Gasteiger partial charge in [0.25, 0.3) is 0 Å². The minimum absolute atomic E-state index is 0. The van der Waals surface area contributed by atoms with Gasteiger partial charge in [0, 0.05) is 23.9 Å². The Morgan fingerprint density at radius 1 is 1.03 bits per heavy atom. The zero-order valence-electron chi connectivity index (χ0n) is 18.9. The Morgan fingerprint density at radius 3 is 2.50 bits per heavy atom. The summed E-state index contributed by atoms with van der Waals surface area (Å²) in [6.45, 7) is 2.55. The Labute approximate surface area is 217 Å². The van der Waals surface area contributed by atoms with Crippen LogP contribution in [0.1, 0.15) is 16.8 Å². The van der Waals surface area contributed by atoms with Gasteiger partial charge in [0.2, 0.25) is 5.88 Å². The third kappa shape index (κ3) is 6.48. The standard InChI is InChI=1S/C24H23N3O6.Na/c1-16-21(9-10-22(25-16)31-12-11-28)19-4-2-3-18(13-19)15-32-20-7-5-17(6-8-20)14-27-23(29)26-24(30)33-27;/h2-10,13,28H,11-12,14-15H2,1H3,(H,26,29,30);/q;+1/p-1. The fraction of sp³-hybridized carbons (Fsp3) is 0.208. The summed E-state index contributed by atoms with van der Waals surface area (Å²) in [6, 6.07) is 18.9. The molecule has 0 aliphatic heterocycles. The van der Waals surface area contributed by atoms with Crippen LogP contribution < -0.4 is 55.5 Å². The van der Waals surface area contributed by atoms with E-state index in [-0.39, 0.29) is 49.3 Å². The van der Waals surface area contributed by atoms with E-state index < -0.39 is 11.4 Å². The van der Waals surface area contributed by atoms with Crippen molar-refractivity contribution in [2.45, 2.75) is 20.1 Å². The molecule has 0 unspecified atom stereocenters. The Balaban J connectivity index is 0.00000324. The third-order valence-corrected chi connectivity index (χ3v) is 4.88. The molecule has 10 heteroatoms. The van der Waals surface area contributed by atoms with Gasteiger partial charge >= 0.3 is 35.3 Å². The van der Waals surface area contributed by atoms with Gasteiger partial charge in [-0.05, 0) is 47.9 Å². The van der Waals surface area contributed by atoms with Crippen LogP contribution in [0.15, 0.2) is 74.8 Å². The Bertz CT molecular complexity index is 1340. The number of rotatable bonds is 9. The van der Waals surface area contributed by atoms with E-state index in [0.717, 1.165) is 32.7 Å². The molecule has 0 atom stereocenters. The first kappa shape index (κ1) is 25.5. The van der Waals surface area contributed by atoms with E-state index in [4.69, 9.17) is 19.1 Å². The summed E-state index contributed by atoms with van der Waals surface area (Å²) >= 11 is 0. The van der Waals surface area contributed by atoms with Gasteiger partial charge in [-0.25, -0.2) is 9.78 Å². The largest absolute Gasteiger partial charge is 1.00 e. The van der Waals surface area contributed by atoms with Crippen molar-refractivity contribution in [2.24, 2.45) is 0 Å². The summed E-state index contributed by atoms with van der Waals surface area (Å²) in [5, 5.41) is 8.88. The van der Waals surface area contributed by atoms with Gasteiger partial charge in [0.15, 0.2) is 5.69 Å². The number of benzene rings is 2. The molecule has 0 fully saturated rings. The molecule has 9 nitrogen and oxygen atoms in total. The van der Waals surface area contributed by atoms with Crippen LogP contribution in [-0.4, -0.2) is 28.0 Å². The summed E-state index contributed by atoms with van der Waals surface area (Å²) in [5.74, 6) is 0.246. The molecule has 2 aromatic carbocycles. The topological polar surface area (TPSA) is 118 Å². The fourth-order valence-electron chi connectivity index (χ4n) is 3.31. The van der Waals surface area contributed by atoms with Gasteiger partial charge in [0.1, 0.15) is 19.0 Å². The van der Waals surface area contributed by atoms with Crippen LogP contribution in [0.5, 0.6) is 11.6 Å². The van der Waals surface area contributed by atoms with Crippen LogP contribution in [-0.2, 0) is 13.2 Å². The van der Waals surface area contributed by atoms with Crippen molar-refractivity contribution in [3.63, 3.8) is 0 Å². The van der Waals surface area contributed by atoms with E-state index >= 15 is 0 Å². The van der Waals surface area contributed by atoms with Gasteiger partial charge in [-0.2, -0.15) is 0 Å². The van der Waals surface area contributed by atoms with E-state index in [1.54, 1.807) is 30.3 Å². The Kier molecular flexibility index (Phi) is 8.89. The van der Waals surface area contributed by atoms with E-state index in [2.05, 4.69) is 9.97 Å². The molecule has 0 spiro atoms. The summed E-state index contributed by atoms with van der Waals surface area (Å²) in [7, 11) is 0. The molecule has 0 saturated carbocycles. The van der Waals surface area contributed by atoms with Crippen molar-refractivity contribution < 1.29 is 48.7 Å². The zero-order chi connectivity index (χ0) is 23.2. The predicted molar refractivity (Wildman–Crippen MR) is 119 cm³/mol. The Morgan fingerprint density at radius 2 is 1.82 bits per heavy atom. The van der Waals surface area contributed by atoms with Crippen LogP contribution in [0, 0.1) is 6.92 Å². The molecule has 0 radical (unpaired) electrons. The van der Waals surface area contributed by atoms with Crippen LogP contribution in [0.3, 0.4) is 0 Å². The molecule has 0 aliphatic rings. The molecule has 4 aromatic rings. The van der Waals surface area contributed by atoms with E-state index in [1.165, 1.54) is 0 Å². The summed E-state index contributed by atoms with van der Waals surface area (Å²) in [6.07, 6.45) is 0. The molecular weight excluding hydrogens is 449 g/mol. The maximum atomic E-state index is 11.5. The number of aryl methyl sites for hydroxylation is 1. The molecule has 0 saturated heterocycles. The second kappa shape index (κ2) is 11.8. The number of aliphatic hydroxyl groups excluding tert-OH is 1. The molecule has 0 bridgehead atoms. The zero-order valence-corrected chi connectivity index (χ0v) is 20.9. The van der Waals surface area contributed by atoms with Crippen LogP contribution in [0.2, 0.25) is 0 Å². The minimum atomic E-state index is -0.904. The van der Waals surface area contributed by atoms with Crippen LogP contribution in [0.25, 0.3) is 11.1 Å². The van der Waals surface area contributed by atoms with Gasteiger partial charge in [-0.15, -0.1) is 0 Å². The number of aliphatic hydroxyl groups is 1. The van der Waals surface area contributed by atoms with Crippen LogP contribution >= 0.6 is 0 Å². The molecule has 1 N–H and O–H groups in total. The quantitative estimate of drug-likeness (QED) is 0.313. The molecule has 2 heterocycles. The van der Waals surface area contributed by atoms with E-state index in [1.807, 2.05) is 37.3 Å². The van der Waals surface area contributed by atoms with E-state index in [9.17, 15) is 9.59 Å². The number of pyridine rings is 1. The van der Waals surface area contributed by atoms with Gasteiger partial charge in [-0.1, -0.05) is 30.3 Å². The van der Waals surface area contributed by atoms with Gasteiger partial charge < -0.3 is 24.1 Å². The van der Waals surface area contributed by atoms with Crippen molar-refractivity contribution in [1.29, 1.82) is 0 Å². The minimum Gasteiger partial charge on any atom is -0.489 e. The first-order valence-electron chi connectivity index (χ1n) is 10.3. The number of ether oxygens (including phenoxy) is 2. The van der Waals surface area contributed by atoms with E-state index in [0.29, 0.717) is 18.2 Å².